The molecule has 112 valence electrons. The van der Waals surface area contributed by atoms with Crippen molar-refractivity contribution in [3.8, 4) is 0 Å². The van der Waals surface area contributed by atoms with Crippen molar-refractivity contribution in [3.05, 3.63) is 12.3 Å². The van der Waals surface area contributed by atoms with E-state index in [1.165, 1.54) is 25.0 Å². The van der Waals surface area contributed by atoms with Crippen molar-refractivity contribution in [3.63, 3.8) is 0 Å². The number of allylic oxidation sites excluding steroid dienone is 1. The van der Waals surface area contributed by atoms with E-state index in [9.17, 15) is 0 Å². The van der Waals surface area contributed by atoms with Gasteiger partial charge in [-0.1, -0.05) is 41.2 Å². The third-order valence-corrected chi connectivity index (χ3v) is 5.48. The van der Waals surface area contributed by atoms with E-state index in [0.29, 0.717) is 17.9 Å². The first-order valence-electron chi connectivity index (χ1n) is 8.15. The minimum absolute atomic E-state index is 0.577. The van der Waals surface area contributed by atoms with Crippen LogP contribution in [-0.2, 0) is 0 Å². The van der Waals surface area contributed by atoms with Crippen molar-refractivity contribution in [2.75, 3.05) is 7.05 Å². The highest BCUT2D eigenvalue weighted by atomic mass is 15.1. The van der Waals surface area contributed by atoms with Gasteiger partial charge in [0.2, 0.25) is 0 Å². The van der Waals surface area contributed by atoms with Crippen LogP contribution in [-0.4, -0.2) is 18.0 Å². The summed E-state index contributed by atoms with van der Waals surface area (Å²) >= 11 is 0. The summed E-state index contributed by atoms with van der Waals surface area (Å²) in [6.07, 6.45) is 4.18. The van der Waals surface area contributed by atoms with E-state index in [1.807, 2.05) is 0 Å². The molecule has 4 unspecified atom stereocenters. The lowest BCUT2D eigenvalue weighted by molar-refractivity contribution is 0.152. The Morgan fingerprint density at radius 3 is 1.89 bits per heavy atom. The van der Waals surface area contributed by atoms with Gasteiger partial charge in [-0.15, -0.1) is 0 Å². The topological polar surface area (TPSA) is 3.24 Å². The first kappa shape index (κ1) is 16.6. The Hall–Kier alpha value is -0.460. The van der Waals surface area contributed by atoms with Crippen LogP contribution in [0.3, 0.4) is 0 Å². The summed E-state index contributed by atoms with van der Waals surface area (Å²) < 4.78 is 0. The second kappa shape index (κ2) is 6.81. The van der Waals surface area contributed by atoms with Crippen LogP contribution in [0.4, 0.5) is 0 Å². The molecule has 0 spiro atoms. The first-order valence-corrected chi connectivity index (χ1v) is 8.15. The number of nitrogens with zero attached hydrogens (tertiary/aromatic N) is 1. The van der Waals surface area contributed by atoms with Crippen LogP contribution in [0.2, 0.25) is 0 Å². The fourth-order valence-corrected chi connectivity index (χ4v) is 3.72. The van der Waals surface area contributed by atoms with E-state index in [2.05, 4.69) is 60.1 Å². The minimum Gasteiger partial charge on any atom is -0.375 e. The fraction of sp³-hybridized carbons (Fsp3) is 0.889. The lowest BCUT2D eigenvalue weighted by atomic mass is 9.71. The van der Waals surface area contributed by atoms with Gasteiger partial charge in [-0.25, -0.2) is 0 Å². The van der Waals surface area contributed by atoms with E-state index in [-0.39, 0.29) is 0 Å². The molecule has 0 bridgehead atoms. The van der Waals surface area contributed by atoms with Crippen LogP contribution in [0.1, 0.15) is 60.8 Å². The molecular weight excluding hydrogens is 230 g/mol. The molecule has 19 heavy (non-hydrogen) atoms. The van der Waals surface area contributed by atoms with Crippen molar-refractivity contribution in [2.45, 2.75) is 66.8 Å². The lowest BCUT2D eigenvalue weighted by Crippen LogP contribution is -2.37. The maximum Gasteiger partial charge on any atom is 0.0278 e. The summed E-state index contributed by atoms with van der Waals surface area (Å²) in [4.78, 5) is 2.42. The smallest absolute Gasteiger partial charge is 0.0278 e. The fourth-order valence-electron chi connectivity index (χ4n) is 3.72. The third-order valence-electron chi connectivity index (χ3n) is 5.48. The van der Waals surface area contributed by atoms with Gasteiger partial charge in [0.15, 0.2) is 0 Å². The largest absolute Gasteiger partial charge is 0.375 e. The minimum atomic E-state index is 0.577. The molecule has 1 aliphatic carbocycles. The van der Waals surface area contributed by atoms with E-state index < -0.39 is 0 Å². The van der Waals surface area contributed by atoms with E-state index in [0.717, 1.165) is 17.8 Å². The SMILES string of the molecule is C=C(C(C)C1CC(C)CC(C)C1)N(C)C(C)C(C)C. The van der Waals surface area contributed by atoms with Gasteiger partial charge in [-0.3, -0.25) is 0 Å². The molecule has 1 nitrogen and oxygen atoms in total. The van der Waals surface area contributed by atoms with Crippen LogP contribution in [0.25, 0.3) is 0 Å². The molecule has 4 atom stereocenters. The Bertz CT molecular complexity index is 284. The number of hydrogen-bond donors (Lipinski definition) is 0. The van der Waals surface area contributed by atoms with E-state index >= 15 is 0 Å². The molecular formula is C18H35N. The first-order chi connectivity index (χ1) is 8.73. The maximum absolute atomic E-state index is 4.41. The van der Waals surface area contributed by atoms with Gasteiger partial charge in [-0.2, -0.15) is 0 Å². The summed E-state index contributed by atoms with van der Waals surface area (Å²) in [6, 6.07) is 0.577. The van der Waals surface area contributed by atoms with Gasteiger partial charge in [-0.05, 0) is 55.8 Å². The molecule has 1 heteroatoms. The quantitative estimate of drug-likeness (QED) is 0.661. The summed E-state index contributed by atoms with van der Waals surface area (Å²) in [5.41, 5.74) is 1.34. The molecule has 1 aliphatic rings. The zero-order valence-corrected chi connectivity index (χ0v) is 14.2. The molecule has 0 heterocycles. The van der Waals surface area contributed by atoms with Crippen LogP contribution in [0, 0.1) is 29.6 Å². The Balaban J connectivity index is 2.65. The summed E-state index contributed by atoms with van der Waals surface area (Å²) in [7, 11) is 2.22. The average Bonchev–Trinajstić information content (AvgIpc) is 2.33. The molecule has 0 aromatic carbocycles. The highest BCUT2D eigenvalue weighted by molar-refractivity contribution is 5.02. The summed E-state index contributed by atoms with van der Waals surface area (Å²) in [5.74, 6) is 3.90. The van der Waals surface area contributed by atoms with Gasteiger partial charge in [0.25, 0.3) is 0 Å². The molecule has 0 aliphatic heterocycles. The van der Waals surface area contributed by atoms with Gasteiger partial charge in [0.1, 0.15) is 0 Å². The van der Waals surface area contributed by atoms with Crippen LogP contribution < -0.4 is 0 Å². The van der Waals surface area contributed by atoms with Crippen molar-refractivity contribution < 1.29 is 0 Å². The summed E-state index contributed by atoms with van der Waals surface area (Å²) in [6.45, 7) is 18.5. The Morgan fingerprint density at radius 2 is 1.47 bits per heavy atom. The monoisotopic (exact) mass is 265 g/mol. The van der Waals surface area contributed by atoms with Gasteiger partial charge >= 0.3 is 0 Å². The van der Waals surface area contributed by atoms with E-state index in [1.54, 1.807) is 0 Å². The predicted molar refractivity (Wildman–Crippen MR) is 86.0 cm³/mol. The van der Waals surface area contributed by atoms with Crippen molar-refractivity contribution >= 4 is 0 Å². The average molecular weight is 265 g/mol. The summed E-state index contributed by atoms with van der Waals surface area (Å²) in [5, 5.41) is 0. The Labute approximate surface area is 121 Å². The van der Waals surface area contributed by atoms with Crippen molar-refractivity contribution in [1.82, 2.24) is 4.90 Å². The van der Waals surface area contributed by atoms with Gasteiger partial charge < -0.3 is 4.90 Å². The second-order valence-electron chi connectivity index (χ2n) is 7.55. The molecule has 1 saturated carbocycles. The maximum atomic E-state index is 4.41. The molecule has 0 aromatic rings. The highest BCUT2D eigenvalue weighted by Gasteiger charge is 2.30. The van der Waals surface area contributed by atoms with Gasteiger partial charge in [0.05, 0.1) is 0 Å². The van der Waals surface area contributed by atoms with E-state index in [4.69, 9.17) is 0 Å². The molecule has 0 N–H and O–H groups in total. The molecule has 0 radical (unpaired) electrons. The van der Waals surface area contributed by atoms with Crippen LogP contribution in [0.15, 0.2) is 12.3 Å². The Kier molecular flexibility index (Phi) is 5.95. The van der Waals surface area contributed by atoms with Crippen LogP contribution >= 0.6 is 0 Å². The number of hydrogen-bond acceptors (Lipinski definition) is 1. The van der Waals surface area contributed by atoms with Gasteiger partial charge in [0, 0.05) is 18.8 Å². The second-order valence-corrected chi connectivity index (χ2v) is 7.55. The van der Waals surface area contributed by atoms with Crippen LogP contribution in [0.5, 0.6) is 0 Å². The normalized spacial score (nSPS) is 31.1. The Morgan fingerprint density at radius 1 is 1.00 bits per heavy atom. The molecule has 1 fully saturated rings. The predicted octanol–water partition coefficient (Wildman–Crippen LogP) is 5.18. The lowest BCUT2D eigenvalue weighted by Gasteiger charge is -2.40. The molecule has 0 amide bonds. The number of rotatable bonds is 5. The third kappa shape index (κ3) is 4.26. The highest BCUT2D eigenvalue weighted by Crippen LogP contribution is 2.39. The zero-order chi connectivity index (χ0) is 14.7. The standard InChI is InChI=1S/C18H35N/c1-12(2)16(6)19(8)17(7)15(5)18-10-13(3)9-14(4)11-18/h12-16,18H,7,9-11H2,1-6,8H3. The van der Waals surface area contributed by atoms with Crippen molar-refractivity contribution in [2.24, 2.45) is 29.6 Å². The molecule has 0 saturated heterocycles. The molecule has 0 aromatic heterocycles. The van der Waals surface area contributed by atoms with Crippen molar-refractivity contribution in [1.29, 1.82) is 0 Å². The zero-order valence-electron chi connectivity index (χ0n) is 14.2. The molecule has 1 rings (SSSR count).